The molecule has 2 saturated heterocycles. The van der Waals surface area contributed by atoms with Gasteiger partial charge in [-0.25, -0.2) is 9.97 Å². The first kappa shape index (κ1) is 13.5. The average Bonchev–Trinajstić information content (AvgIpc) is 2.88. The van der Waals surface area contributed by atoms with E-state index in [0.29, 0.717) is 21.5 Å². The molecule has 104 valence electrons. The van der Waals surface area contributed by atoms with Crippen molar-refractivity contribution in [1.82, 2.24) is 14.9 Å². The highest BCUT2D eigenvalue weighted by molar-refractivity contribution is 9.10. The molecule has 7 heteroatoms. The minimum Gasteiger partial charge on any atom is -0.373 e. The summed E-state index contributed by atoms with van der Waals surface area (Å²) in [6, 6.07) is 0.636. The Morgan fingerprint density at radius 2 is 2.42 bits per heavy atom. The first-order chi connectivity index (χ1) is 9.24. The highest BCUT2D eigenvalue weighted by Crippen LogP contribution is 2.27. The van der Waals surface area contributed by atoms with Gasteiger partial charge in [-0.1, -0.05) is 11.6 Å². The van der Waals surface area contributed by atoms with Gasteiger partial charge in [0.15, 0.2) is 0 Å². The number of aromatic nitrogens is 2. The van der Waals surface area contributed by atoms with E-state index in [2.05, 4.69) is 36.1 Å². The Morgan fingerprint density at radius 1 is 1.53 bits per heavy atom. The number of anilines is 1. The first-order valence-corrected chi connectivity index (χ1v) is 7.66. The number of hydrogen-bond acceptors (Lipinski definition) is 5. The van der Waals surface area contributed by atoms with E-state index in [0.717, 1.165) is 19.7 Å². The van der Waals surface area contributed by atoms with Gasteiger partial charge < -0.3 is 10.1 Å². The van der Waals surface area contributed by atoms with Gasteiger partial charge in [0.2, 0.25) is 0 Å². The maximum atomic E-state index is 5.93. The van der Waals surface area contributed by atoms with Crippen LogP contribution in [0.2, 0.25) is 5.15 Å². The second-order valence-corrected chi connectivity index (χ2v) is 6.11. The number of nitrogens with zero attached hydrogens (tertiary/aromatic N) is 3. The second-order valence-electron chi connectivity index (χ2n) is 4.95. The molecule has 0 bridgehead atoms. The van der Waals surface area contributed by atoms with Gasteiger partial charge in [-0.2, -0.15) is 0 Å². The lowest BCUT2D eigenvalue weighted by atomic mass is 10.2. The van der Waals surface area contributed by atoms with Gasteiger partial charge in [0.25, 0.3) is 0 Å². The maximum Gasteiger partial charge on any atom is 0.148 e. The topological polar surface area (TPSA) is 50.3 Å². The van der Waals surface area contributed by atoms with Gasteiger partial charge in [0, 0.05) is 19.1 Å². The molecule has 0 aliphatic carbocycles. The van der Waals surface area contributed by atoms with Crippen molar-refractivity contribution in [2.75, 3.05) is 31.6 Å². The summed E-state index contributed by atoms with van der Waals surface area (Å²) in [5.41, 5.74) is 0. The van der Waals surface area contributed by atoms with Gasteiger partial charge in [-0.15, -0.1) is 0 Å². The zero-order chi connectivity index (χ0) is 13.2. The molecule has 1 N–H and O–H groups in total. The summed E-state index contributed by atoms with van der Waals surface area (Å²) < 4.78 is 6.59. The third-order valence-corrected chi connectivity index (χ3v) is 4.97. The predicted molar refractivity (Wildman–Crippen MR) is 77.6 cm³/mol. The fourth-order valence-corrected chi connectivity index (χ4v) is 3.17. The van der Waals surface area contributed by atoms with Crippen molar-refractivity contribution < 1.29 is 4.74 Å². The van der Waals surface area contributed by atoms with Crippen LogP contribution in [0.1, 0.15) is 12.8 Å². The molecule has 2 aliphatic rings. The molecule has 0 saturated carbocycles. The van der Waals surface area contributed by atoms with Crippen molar-refractivity contribution in [3.05, 3.63) is 16.0 Å². The Kier molecular flexibility index (Phi) is 4.21. The summed E-state index contributed by atoms with van der Waals surface area (Å²) >= 11 is 9.31. The molecule has 3 heterocycles. The maximum absolute atomic E-state index is 5.93. The minimum atomic E-state index is 0.204. The van der Waals surface area contributed by atoms with E-state index in [1.54, 1.807) is 0 Å². The fraction of sp³-hybridized carbons (Fsp3) is 0.667. The number of hydrogen-bond donors (Lipinski definition) is 1. The Morgan fingerprint density at radius 3 is 3.32 bits per heavy atom. The SMILES string of the molecule is Clc1ncnc(NCC2CN3CCCC3CO2)c1Br. The van der Waals surface area contributed by atoms with Gasteiger partial charge in [-0.05, 0) is 35.3 Å². The molecule has 1 aromatic rings. The van der Waals surface area contributed by atoms with Crippen molar-refractivity contribution in [1.29, 1.82) is 0 Å². The lowest BCUT2D eigenvalue weighted by Gasteiger charge is -2.35. The highest BCUT2D eigenvalue weighted by Gasteiger charge is 2.32. The zero-order valence-corrected chi connectivity index (χ0v) is 12.8. The van der Waals surface area contributed by atoms with E-state index < -0.39 is 0 Å². The molecule has 0 amide bonds. The second kappa shape index (κ2) is 5.91. The Hall–Kier alpha value is -0.430. The van der Waals surface area contributed by atoms with Crippen LogP contribution in [0.5, 0.6) is 0 Å². The van der Waals surface area contributed by atoms with E-state index in [1.165, 1.54) is 25.7 Å². The van der Waals surface area contributed by atoms with E-state index in [4.69, 9.17) is 16.3 Å². The van der Waals surface area contributed by atoms with Crippen molar-refractivity contribution in [3.63, 3.8) is 0 Å². The van der Waals surface area contributed by atoms with Crippen LogP contribution >= 0.6 is 27.5 Å². The van der Waals surface area contributed by atoms with E-state index in [-0.39, 0.29) is 6.10 Å². The van der Waals surface area contributed by atoms with Gasteiger partial charge in [0.1, 0.15) is 17.3 Å². The van der Waals surface area contributed by atoms with Crippen LogP contribution in [0.3, 0.4) is 0 Å². The van der Waals surface area contributed by atoms with Gasteiger partial charge in [0.05, 0.1) is 17.2 Å². The lowest BCUT2D eigenvalue weighted by molar-refractivity contribution is -0.0416. The molecule has 2 atom stereocenters. The summed E-state index contributed by atoms with van der Waals surface area (Å²) in [5, 5.41) is 3.69. The van der Waals surface area contributed by atoms with Crippen LogP contribution in [0, 0.1) is 0 Å². The van der Waals surface area contributed by atoms with Crippen LogP contribution in [0.15, 0.2) is 10.8 Å². The summed E-state index contributed by atoms with van der Waals surface area (Å²) in [6.45, 7) is 3.77. The Labute approximate surface area is 125 Å². The van der Waals surface area contributed by atoms with Crippen molar-refractivity contribution in [2.24, 2.45) is 0 Å². The average molecular weight is 348 g/mol. The molecule has 2 aliphatic heterocycles. The number of fused-ring (bicyclic) bond motifs is 1. The quantitative estimate of drug-likeness (QED) is 0.849. The summed E-state index contributed by atoms with van der Waals surface area (Å²) in [4.78, 5) is 10.6. The van der Waals surface area contributed by atoms with E-state index in [9.17, 15) is 0 Å². The van der Waals surface area contributed by atoms with E-state index >= 15 is 0 Å². The molecule has 3 rings (SSSR count). The number of halogens is 2. The normalized spacial score (nSPS) is 27.3. The summed E-state index contributed by atoms with van der Waals surface area (Å²) in [7, 11) is 0. The number of nitrogens with one attached hydrogen (secondary N) is 1. The minimum absolute atomic E-state index is 0.204. The molecule has 2 unspecified atom stereocenters. The molecule has 0 aromatic carbocycles. The van der Waals surface area contributed by atoms with Crippen LogP contribution in [0.4, 0.5) is 5.82 Å². The highest BCUT2D eigenvalue weighted by atomic mass is 79.9. The molecule has 1 aromatic heterocycles. The lowest BCUT2D eigenvalue weighted by Crippen LogP contribution is -2.48. The van der Waals surface area contributed by atoms with E-state index in [1.807, 2.05) is 0 Å². The largest absolute Gasteiger partial charge is 0.373 e. The number of morpholine rings is 1. The molecule has 5 nitrogen and oxygen atoms in total. The monoisotopic (exact) mass is 346 g/mol. The van der Waals surface area contributed by atoms with Crippen LogP contribution < -0.4 is 5.32 Å². The van der Waals surface area contributed by atoms with Crippen LogP contribution in [-0.4, -0.2) is 53.3 Å². The third kappa shape index (κ3) is 3.02. The molecule has 0 spiro atoms. The summed E-state index contributed by atoms with van der Waals surface area (Å²) in [6.07, 6.45) is 4.22. The standard InChI is InChI=1S/C12H16BrClN4O/c13-10-11(14)16-7-17-12(10)15-4-9-5-18-3-1-2-8(18)6-19-9/h7-9H,1-6H2,(H,15,16,17). The molecule has 0 radical (unpaired) electrons. The molecular weight excluding hydrogens is 332 g/mol. The predicted octanol–water partition coefficient (Wildman–Crippen LogP) is 2.17. The molecular formula is C12H16BrClN4O. The number of rotatable bonds is 3. The summed E-state index contributed by atoms with van der Waals surface area (Å²) in [5.74, 6) is 0.715. The molecule has 2 fully saturated rings. The smallest absolute Gasteiger partial charge is 0.148 e. The van der Waals surface area contributed by atoms with Crippen molar-refractivity contribution in [3.8, 4) is 0 Å². The van der Waals surface area contributed by atoms with Gasteiger partial charge in [-0.3, -0.25) is 4.90 Å². The van der Waals surface area contributed by atoms with Crippen molar-refractivity contribution >= 4 is 33.3 Å². The van der Waals surface area contributed by atoms with Crippen molar-refractivity contribution in [2.45, 2.75) is 25.0 Å². The van der Waals surface area contributed by atoms with Crippen LogP contribution in [0.25, 0.3) is 0 Å². The molecule has 19 heavy (non-hydrogen) atoms. The van der Waals surface area contributed by atoms with Gasteiger partial charge >= 0.3 is 0 Å². The zero-order valence-electron chi connectivity index (χ0n) is 10.5. The Balaban J connectivity index is 1.56. The number of ether oxygens (including phenoxy) is 1. The fourth-order valence-electron chi connectivity index (χ4n) is 2.69. The van der Waals surface area contributed by atoms with Crippen LogP contribution in [-0.2, 0) is 4.74 Å². The first-order valence-electron chi connectivity index (χ1n) is 6.49. The Bertz CT molecular complexity index is 461. The third-order valence-electron chi connectivity index (χ3n) is 3.71.